The highest BCUT2D eigenvalue weighted by Crippen LogP contribution is 2.12. The summed E-state index contributed by atoms with van der Waals surface area (Å²) in [5.74, 6) is 0. The molecule has 0 aromatic rings. The highest BCUT2D eigenvalue weighted by molar-refractivity contribution is 4.81. The Bertz CT molecular complexity index is 492. The second-order valence-corrected chi connectivity index (χ2v) is 10.7. The van der Waals surface area contributed by atoms with E-state index in [1.807, 2.05) is 0 Å². The van der Waals surface area contributed by atoms with Crippen molar-refractivity contribution >= 4 is 0 Å². The Morgan fingerprint density at radius 1 is 0.256 bits per heavy atom. The van der Waals surface area contributed by atoms with E-state index in [9.17, 15) is 61.3 Å². The van der Waals surface area contributed by atoms with Crippen LogP contribution < -0.4 is 0 Å². The van der Waals surface area contributed by atoms with Crippen molar-refractivity contribution < 1.29 is 61.3 Å². The molecule has 0 saturated carbocycles. The van der Waals surface area contributed by atoms with Gasteiger partial charge in [-0.3, -0.25) is 14.7 Å². The van der Waals surface area contributed by atoms with Crippen LogP contribution in [0.3, 0.4) is 0 Å². The summed E-state index contributed by atoms with van der Waals surface area (Å²) in [5, 5.41) is 116. The molecule has 0 amide bonds. The molecule has 260 valence electrons. The lowest BCUT2D eigenvalue weighted by atomic mass is 10.1. The second kappa shape index (κ2) is 26.6. The van der Waals surface area contributed by atoms with Gasteiger partial charge in [0.25, 0.3) is 0 Å². The van der Waals surface area contributed by atoms with Crippen molar-refractivity contribution in [2.24, 2.45) is 0 Å². The second-order valence-electron chi connectivity index (χ2n) is 10.7. The van der Waals surface area contributed by atoms with Crippen LogP contribution in [0.25, 0.3) is 0 Å². The maximum absolute atomic E-state index is 9.70. The molecule has 0 unspecified atom stereocenters. The summed E-state index contributed by atoms with van der Waals surface area (Å²) in [4.78, 5) is 7.12. The molecular formula is C27H60N4O12. The molecule has 12 N–H and O–H groups in total. The molecule has 0 fully saturated rings. The van der Waals surface area contributed by atoms with Crippen molar-refractivity contribution in [1.82, 2.24) is 19.6 Å². The Balaban J connectivity index is 5.67. The molecule has 0 bridgehead atoms. The average Bonchev–Trinajstić information content (AvgIpc) is 3.03. The van der Waals surface area contributed by atoms with E-state index >= 15 is 0 Å². The summed E-state index contributed by atoms with van der Waals surface area (Å²) in [7, 11) is 0. The summed E-state index contributed by atoms with van der Waals surface area (Å²) in [5.41, 5.74) is 0. The van der Waals surface area contributed by atoms with Gasteiger partial charge in [-0.1, -0.05) is 0 Å². The number of nitrogens with zero attached hydrogens (tertiary/aromatic N) is 4. The van der Waals surface area contributed by atoms with Crippen molar-refractivity contribution in [2.45, 2.75) is 55.5 Å². The number of hydrogen-bond donors (Lipinski definition) is 12. The molecule has 16 nitrogen and oxygen atoms in total. The topological polar surface area (TPSA) is 256 Å². The van der Waals surface area contributed by atoms with E-state index in [2.05, 4.69) is 4.90 Å². The summed E-state index contributed by atoms with van der Waals surface area (Å²) in [6, 6.07) is -3.97. The fourth-order valence-electron chi connectivity index (χ4n) is 5.36. The Hall–Kier alpha value is -0.640. The monoisotopic (exact) mass is 632 g/mol. The minimum Gasteiger partial charge on any atom is -0.395 e. The SMILES string of the molecule is OCC(CO)N(CCCN(CCCN(C(CO)CO)C(CO)CO)CCCN(C(CO)CO)C(CO)CO)C(CO)CO. The van der Waals surface area contributed by atoms with Crippen molar-refractivity contribution in [1.29, 1.82) is 0 Å². The first-order valence-corrected chi connectivity index (χ1v) is 15.1. The number of rotatable bonds is 30. The van der Waals surface area contributed by atoms with E-state index in [1.165, 1.54) is 0 Å². The van der Waals surface area contributed by atoms with Crippen LogP contribution in [0.15, 0.2) is 0 Å². The van der Waals surface area contributed by atoms with Gasteiger partial charge in [-0.25, -0.2) is 0 Å². The first-order valence-electron chi connectivity index (χ1n) is 15.1. The standard InChI is InChI=1S/C27H60N4O12/c32-10-22(11-33)29(23(12-34)13-35)7-1-4-28(5-2-8-30(24(14-36)15-37)25(16-38)17-39)6-3-9-31(26(18-40)19-41)27(20-42)21-43/h22-27,32-43H,1-21H2. The molecule has 0 saturated heterocycles. The molecule has 43 heavy (non-hydrogen) atoms. The third-order valence-electron chi connectivity index (χ3n) is 8.02. The summed E-state index contributed by atoms with van der Waals surface area (Å²) < 4.78 is 0. The predicted octanol–water partition coefficient (Wildman–Crippen LogP) is -6.52. The van der Waals surface area contributed by atoms with Crippen molar-refractivity contribution in [3.63, 3.8) is 0 Å². The molecule has 0 radical (unpaired) electrons. The van der Waals surface area contributed by atoms with Crippen LogP contribution in [0.4, 0.5) is 0 Å². The van der Waals surface area contributed by atoms with Crippen LogP contribution >= 0.6 is 0 Å². The molecule has 0 atom stereocenters. The van der Waals surface area contributed by atoms with Gasteiger partial charge in [0.1, 0.15) is 0 Å². The number of aliphatic hydroxyl groups is 12. The van der Waals surface area contributed by atoms with Gasteiger partial charge in [0, 0.05) is 19.6 Å². The molecule has 16 heteroatoms. The van der Waals surface area contributed by atoms with Gasteiger partial charge >= 0.3 is 0 Å². The first kappa shape index (κ1) is 42.4. The molecule has 0 aliphatic rings. The lowest BCUT2D eigenvalue weighted by Crippen LogP contribution is -2.52. The van der Waals surface area contributed by atoms with Crippen molar-refractivity contribution in [3.8, 4) is 0 Å². The molecule has 0 heterocycles. The predicted molar refractivity (Wildman–Crippen MR) is 158 cm³/mol. The maximum atomic E-state index is 9.70. The fraction of sp³-hybridized carbons (Fsp3) is 1.00. The van der Waals surface area contributed by atoms with E-state index in [-0.39, 0.29) is 79.3 Å². The van der Waals surface area contributed by atoms with E-state index in [0.717, 1.165) is 0 Å². The largest absolute Gasteiger partial charge is 0.395 e. The van der Waals surface area contributed by atoms with Crippen molar-refractivity contribution in [2.75, 3.05) is 119 Å². The highest BCUT2D eigenvalue weighted by Gasteiger charge is 2.27. The van der Waals surface area contributed by atoms with Crippen molar-refractivity contribution in [3.05, 3.63) is 0 Å². The van der Waals surface area contributed by atoms with Gasteiger partial charge in [0.05, 0.1) is 116 Å². The van der Waals surface area contributed by atoms with Gasteiger partial charge in [0.2, 0.25) is 0 Å². The van der Waals surface area contributed by atoms with Gasteiger partial charge < -0.3 is 66.2 Å². The summed E-state index contributed by atoms with van der Waals surface area (Å²) in [6.07, 6.45) is 1.62. The van der Waals surface area contributed by atoms with Crippen LogP contribution in [0.2, 0.25) is 0 Å². The molecule has 0 spiro atoms. The van der Waals surface area contributed by atoms with Crippen LogP contribution in [-0.4, -0.2) is 236 Å². The summed E-state index contributed by atoms with van der Waals surface area (Å²) in [6.45, 7) is -1.63. The minimum atomic E-state index is -0.662. The molecule has 0 aliphatic carbocycles. The average molecular weight is 633 g/mol. The molecule has 0 rings (SSSR count). The molecule has 0 aliphatic heterocycles. The lowest BCUT2D eigenvalue weighted by molar-refractivity contribution is -0.00443. The Kier molecular flexibility index (Phi) is 26.2. The highest BCUT2D eigenvalue weighted by atomic mass is 16.3. The quantitative estimate of drug-likeness (QED) is 0.0351. The van der Waals surface area contributed by atoms with Gasteiger partial charge in [-0.2, -0.15) is 0 Å². The number of aliphatic hydroxyl groups excluding tert-OH is 12. The molecule has 0 aromatic carbocycles. The third-order valence-corrected chi connectivity index (χ3v) is 8.02. The van der Waals surface area contributed by atoms with Gasteiger partial charge in [-0.05, 0) is 38.9 Å². The van der Waals surface area contributed by atoms with E-state index in [1.54, 1.807) is 14.7 Å². The Labute approximate surface area is 255 Å². The zero-order valence-corrected chi connectivity index (χ0v) is 25.5. The smallest absolute Gasteiger partial charge is 0.0609 e. The molecular weight excluding hydrogens is 572 g/mol. The Morgan fingerprint density at radius 2 is 0.419 bits per heavy atom. The first-order chi connectivity index (χ1) is 20.8. The third kappa shape index (κ3) is 15.0. The van der Waals surface area contributed by atoms with Gasteiger partial charge in [-0.15, -0.1) is 0 Å². The van der Waals surface area contributed by atoms with Crippen LogP contribution in [0, 0.1) is 0 Å². The van der Waals surface area contributed by atoms with E-state index < -0.39 is 36.3 Å². The minimum absolute atomic E-state index is 0.356. The van der Waals surface area contributed by atoms with E-state index in [0.29, 0.717) is 58.5 Å². The maximum Gasteiger partial charge on any atom is 0.0609 e. The zero-order chi connectivity index (χ0) is 32.6. The van der Waals surface area contributed by atoms with Gasteiger partial charge in [0.15, 0.2) is 0 Å². The Morgan fingerprint density at radius 3 is 0.558 bits per heavy atom. The normalized spacial score (nSPS) is 13.0. The van der Waals surface area contributed by atoms with Crippen LogP contribution in [-0.2, 0) is 0 Å². The number of hydrogen-bond acceptors (Lipinski definition) is 16. The fourth-order valence-corrected chi connectivity index (χ4v) is 5.36. The zero-order valence-electron chi connectivity index (χ0n) is 25.5. The molecule has 0 aromatic heterocycles. The lowest BCUT2D eigenvalue weighted by Gasteiger charge is -2.37. The van der Waals surface area contributed by atoms with Crippen LogP contribution in [0.1, 0.15) is 19.3 Å². The van der Waals surface area contributed by atoms with Crippen LogP contribution in [0.5, 0.6) is 0 Å². The summed E-state index contributed by atoms with van der Waals surface area (Å²) >= 11 is 0. The van der Waals surface area contributed by atoms with E-state index in [4.69, 9.17) is 0 Å².